The Kier molecular flexibility index (Phi) is 3.69. The number of benzene rings is 1. The van der Waals surface area contributed by atoms with Crippen molar-refractivity contribution >= 4 is 5.97 Å². The van der Waals surface area contributed by atoms with Crippen LogP contribution in [0.2, 0.25) is 0 Å². The number of hydrogen-bond acceptors (Lipinski definition) is 2. The van der Waals surface area contributed by atoms with Crippen LogP contribution < -0.4 is 0 Å². The lowest BCUT2D eigenvalue weighted by Gasteiger charge is -2.16. The van der Waals surface area contributed by atoms with E-state index in [0.29, 0.717) is 0 Å². The van der Waals surface area contributed by atoms with Crippen molar-refractivity contribution in [3.63, 3.8) is 0 Å². The van der Waals surface area contributed by atoms with Gasteiger partial charge in [-0.05, 0) is 26.3 Å². The van der Waals surface area contributed by atoms with Crippen molar-refractivity contribution in [1.29, 1.82) is 0 Å². The quantitative estimate of drug-likeness (QED) is 0.915. The molecule has 1 aromatic carbocycles. The summed E-state index contributed by atoms with van der Waals surface area (Å²) in [6, 6.07) is 7.89. The van der Waals surface area contributed by atoms with Gasteiger partial charge in [0.15, 0.2) is 0 Å². The summed E-state index contributed by atoms with van der Waals surface area (Å²) in [5.41, 5.74) is 2.71. The minimum absolute atomic E-state index is 0.283. The number of rotatable bonds is 4. The lowest BCUT2D eigenvalue weighted by molar-refractivity contribution is -0.138. The normalized spacial score (nSPS) is 12.6. The van der Waals surface area contributed by atoms with Crippen LogP contribution >= 0.6 is 0 Å². The third-order valence-corrected chi connectivity index (χ3v) is 3.30. The van der Waals surface area contributed by atoms with E-state index in [2.05, 4.69) is 18.8 Å². The number of carbonyl (C=O) groups is 1. The van der Waals surface area contributed by atoms with Crippen molar-refractivity contribution < 1.29 is 9.90 Å². The first-order valence-corrected chi connectivity index (χ1v) is 6.36. The van der Waals surface area contributed by atoms with E-state index in [1.54, 1.807) is 19.4 Å². The van der Waals surface area contributed by atoms with Crippen molar-refractivity contribution in [3.8, 4) is 11.3 Å². The molecule has 1 atom stereocenters. The van der Waals surface area contributed by atoms with Crippen LogP contribution in [0.15, 0.2) is 36.8 Å². The van der Waals surface area contributed by atoms with Crippen LogP contribution in [0.25, 0.3) is 11.3 Å². The van der Waals surface area contributed by atoms with Crippen LogP contribution in [0.3, 0.4) is 0 Å². The van der Waals surface area contributed by atoms with E-state index >= 15 is 0 Å². The Morgan fingerprint density at radius 2 is 1.95 bits per heavy atom. The van der Waals surface area contributed by atoms with Gasteiger partial charge in [-0.2, -0.15) is 0 Å². The summed E-state index contributed by atoms with van der Waals surface area (Å²) in [6.45, 7) is 5.86. The van der Waals surface area contributed by atoms with Crippen LogP contribution in [0, 0.1) is 0 Å². The zero-order valence-corrected chi connectivity index (χ0v) is 11.4. The Morgan fingerprint density at radius 1 is 1.26 bits per heavy atom. The van der Waals surface area contributed by atoms with Crippen molar-refractivity contribution in [3.05, 3.63) is 42.4 Å². The van der Waals surface area contributed by atoms with E-state index in [9.17, 15) is 9.90 Å². The highest BCUT2D eigenvalue weighted by Crippen LogP contribution is 2.30. The standard InChI is InChI=1S/C15H18N2O2/c1-10(2)17-9-16-8-14(17)13-7-5-4-6-12(13)11(3)15(18)19/h4-11H,1-3H3,(H,18,19). The summed E-state index contributed by atoms with van der Waals surface area (Å²) >= 11 is 0. The fraction of sp³-hybridized carbons (Fsp3) is 0.333. The lowest BCUT2D eigenvalue weighted by Crippen LogP contribution is -2.10. The van der Waals surface area contributed by atoms with Crippen molar-refractivity contribution in [2.24, 2.45) is 0 Å². The Balaban J connectivity index is 2.56. The SMILES string of the molecule is CC(C(=O)O)c1ccccc1-c1cncn1C(C)C. The van der Waals surface area contributed by atoms with Gasteiger partial charge in [-0.25, -0.2) is 4.98 Å². The molecule has 0 amide bonds. The van der Waals surface area contributed by atoms with E-state index < -0.39 is 11.9 Å². The average molecular weight is 258 g/mol. The average Bonchev–Trinajstić information content (AvgIpc) is 2.87. The molecule has 0 fully saturated rings. The highest BCUT2D eigenvalue weighted by Gasteiger charge is 2.19. The molecule has 0 spiro atoms. The molecule has 19 heavy (non-hydrogen) atoms. The predicted octanol–water partition coefficient (Wildman–Crippen LogP) is 3.32. The van der Waals surface area contributed by atoms with Gasteiger partial charge in [-0.1, -0.05) is 24.3 Å². The first-order chi connectivity index (χ1) is 9.02. The number of imidazole rings is 1. The molecular weight excluding hydrogens is 240 g/mol. The maximum atomic E-state index is 11.2. The molecule has 0 saturated heterocycles. The van der Waals surface area contributed by atoms with Gasteiger partial charge in [0.05, 0.1) is 24.1 Å². The maximum Gasteiger partial charge on any atom is 0.310 e. The summed E-state index contributed by atoms with van der Waals surface area (Å²) in [5, 5.41) is 9.21. The van der Waals surface area contributed by atoms with E-state index in [0.717, 1.165) is 16.8 Å². The molecular formula is C15H18N2O2. The topological polar surface area (TPSA) is 55.1 Å². The number of nitrogens with zero attached hydrogens (tertiary/aromatic N) is 2. The van der Waals surface area contributed by atoms with Gasteiger partial charge in [0.25, 0.3) is 0 Å². The molecule has 2 rings (SSSR count). The lowest BCUT2D eigenvalue weighted by atomic mass is 9.94. The molecule has 4 nitrogen and oxygen atoms in total. The zero-order chi connectivity index (χ0) is 14.0. The van der Waals surface area contributed by atoms with Crippen molar-refractivity contribution in [2.45, 2.75) is 32.7 Å². The Bertz CT molecular complexity index is 587. The molecule has 4 heteroatoms. The summed E-state index contributed by atoms with van der Waals surface area (Å²) in [5.74, 6) is -1.35. The summed E-state index contributed by atoms with van der Waals surface area (Å²) < 4.78 is 2.05. The molecule has 1 unspecified atom stereocenters. The van der Waals surface area contributed by atoms with Gasteiger partial charge >= 0.3 is 5.97 Å². The maximum absolute atomic E-state index is 11.2. The molecule has 0 bridgehead atoms. The van der Waals surface area contributed by atoms with Crippen LogP contribution in [0.5, 0.6) is 0 Å². The van der Waals surface area contributed by atoms with Gasteiger partial charge in [-0.3, -0.25) is 4.79 Å². The molecule has 100 valence electrons. The van der Waals surface area contributed by atoms with Crippen LogP contribution in [-0.2, 0) is 4.79 Å². The Hall–Kier alpha value is -2.10. The first-order valence-electron chi connectivity index (χ1n) is 6.36. The second-order valence-electron chi connectivity index (χ2n) is 4.93. The minimum atomic E-state index is -0.817. The smallest absolute Gasteiger partial charge is 0.310 e. The van der Waals surface area contributed by atoms with Gasteiger partial charge in [-0.15, -0.1) is 0 Å². The minimum Gasteiger partial charge on any atom is -0.481 e. The van der Waals surface area contributed by atoms with E-state index in [4.69, 9.17) is 0 Å². The Morgan fingerprint density at radius 3 is 2.58 bits per heavy atom. The molecule has 1 aromatic heterocycles. The summed E-state index contributed by atoms with van der Waals surface area (Å²) in [7, 11) is 0. The number of aliphatic carboxylic acids is 1. The molecule has 0 aliphatic heterocycles. The molecule has 2 aromatic rings. The molecule has 1 heterocycles. The predicted molar refractivity (Wildman–Crippen MR) is 74.1 cm³/mol. The zero-order valence-electron chi connectivity index (χ0n) is 11.4. The van der Waals surface area contributed by atoms with Gasteiger partial charge in [0, 0.05) is 11.6 Å². The highest BCUT2D eigenvalue weighted by molar-refractivity contribution is 5.80. The third kappa shape index (κ3) is 2.52. The second kappa shape index (κ2) is 5.26. The van der Waals surface area contributed by atoms with E-state index in [1.165, 1.54) is 0 Å². The number of aromatic nitrogens is 2. The molecule has 0 aliphatic rings. The van der Waals surface area contributed by atoms with Crippen LogP contribution in [-0.4, -0.2) is 20.6 Å². The van der Waals surface area contributed by atoms with E-state index in [-0.39, 0.29) is 6.04 Å². The van der Waals surface area contributed by atoms with Gasteiger partial charge in [0.1, 0.15) is 0 Å². The van der Waals surface area contributed by atoms with Crippen LogP contribution in [0.1, 0.15) is 38.3 Å². The highest BCUT2D eigenvalue weighted by atomic mass is 16.4. The van der Waals surface area contributed by atoms with Crippen molar-refractivity contribution in [1.82, 2.24) is 9.55 Å². The van der Waals surface area contributed by atoms with Gasteiger partial charge in [0.2, 0.25) is 0 Å². The first kappa shape index (κ1) is 13.3. The fourth-order valence-electron chi connectivity index (χ4n) is 2.17. The largest absolute Gasteiger partial charge is 0.481 e. The summed E-state index contributed by atoms with van der Waals surface area (Å²) in [6.07, 6.45) is 3.57. The van der Waals surface area contributed by atoms with Crippen molar-refractivity contribution in [2.75, 3.05) is 0 Å². The van der Waals surface area contributed by atoms with Gasteiger partial charge < -0.3 is 9.67 Å². The Labute approximate surface area is 112 Å². The number of hydrogen-bond donors (Lipinski definition) is 1. The van der Waals surface area contributed by atoms with E-state index in [1.807, 2.05) is 28.8 Å². The molecule has 0 aliphatic carbocycles. The number of carboxylic acid groups (broad SMARTS) is 1. The molecule has 0 saturated carbocycles. The number of carboxylic acids is 1. The molecule has 0 radical (unpaired) electrons. The molecule has 1 N–H and O–H groups in total. The fourth-order valence-corrected chi connectivity index (χ4v) is 2.17. The van der Waals surface area contributed by atoms with Crippen LogP contribution in [0.4, 0.5) is 0 Å². The summed E-state index contributed by atoms with van der Waals surface area (Å²) in [4.78, 5) is 15.4. The second-order valence-corrected chi connectivity index (χ2v) is 4.93. The third-order valence-electron chi connectivity index (χ3n) is 3.30. The monoisotopic (exact) mass is 258 g/mol.